The van der Waals surface area contributed by atoms with Gasteiger partial charge in [0.1, 0.15) is 5.52 Å². The van der Waals surface area contributed by atoms with Crippen LogP contribution in [0, 0.1) is 0 Å². The highest BCUT2D eigenvalue weighted by Gasteiger charge is 2.11. The fraction of sp³-hybridized carbons (Fsp3) is 0.600. The largest absolute Gasteiger partial charge is 0.349 e. The lowest BCUT2D eigenvalue weighted by Crippen LogP contribution is -2.31. The molecular weight excluding hydrogens is 280 g/mol. The van der Waals surface area contributed by atoms with E-state index in [0.717, 1.165) is 24.9 Å². The highest BCUT2D eigenvalue weighted by molar-refractivity contribution is 5.91. The van der Waals surface area contributed by atoms with Crippen molar-refractivity contribution < 1.29 is 4.79 Å². The number of carbonyl (C=O) groups is 1. The molecular formula is C15H22N6O. The number of hydrogen-bond donors (Lipinski definition) is 2. The van der Waals surface area contributed by atoms with Crippen LogP contribution >= 0.6 is 0 Å². The molecule has 7 heteroatoms. The van der Waals surface area contributed by atoms with Gasteiger partial charge >= 0.3 is 0 Å². The summed E-state index contributed by atoms with van der Waals surface area (Å²) in [6.07, 6.45) is 9.23. The van der Waals surface area contributed by atoms with E-state index in [1.54, 1.807) is 12.5 Å². The number of imidazole rings is 1. The first-order valence-corrected chi connectivity index (χ1v) is 7.99. The summed E-state index contributed by atoms with van der Waals surface area (Å²) in [5, 5.41) is 2.87. The molecule has 1 amide bonds. The van der Waals surface area contributed by atoms with Gasteiger partial charge < -0.3 is 15.2 Å². The second-order valence-corrected chi connectivity index (χ2v) is 5.70. The van der Waals surface area contributed by atoms with Gasteiger partial charge in [-0.2, -0.15) is 0 Å². The van der Waals surface area contributed by atoms with E-state index in [4.69, 9.17) is 0 Å². The third kappa shape index (κ3) is 3.79. The van der Waals surface area contributed by atoms with Gasteiger partial charge in [0, 0.05) is 6.54 Å². The summed E-state index contributed by atoms with van der Waals surface area (Å²) in [6, 6.07) is 0. The molecule has 22 heavy (non-hydrogen) atoms. The van der Waals surface area contributed by atoms with Gasteiger partial charge in [-0.3, -0.25) is 4.79 Å². The van der Waals surface area contributed by atoms with Crippen LogP contribution in [-0.4, -0.2) is 56.9 Å². The van der Waals surface area contributed by atoms with Crippen molar-refractivity contribution in [2.45, 2.75) is 32.1 Å². The van der Waals surface area contributed by atoms with Crippen molar-refractivity contribution in [3.8, 4) is 0 Å². The number of amides is 1. The quantitative estimate of drug-likeness (QED) is 0.787. The standard InChI is InChI=1S/C15H22N6O/c22-15(14-17-10-12-13(20-14)19-11-18-12)16-6-2-5-9-21-7-3-1-4-8-21/h10-11H,1-9H2,(H,16,22)(H,17,18,19,20). The number of nitrogens with zero attached hydrogens (tertiary/aromatic N) is 4. The molecule has 0 aromatic carbocycles. The van der Waals surface area contributed by atoms with Crippen molar-refractivity contribution in [2.24, 2.45) is 0 Å². The second kappa shape index (κ2) is 7.31. The Hall–Kier alpha value is -2.02. The van der Waals surface area contributed by atoms with E-state index in [9.17, 15) is 4.79 Å². The lowest BCUT2D eigenvalue weighted by Gasteiger charge is -2.26. The Morgan fingerprint density at radius 1 is 1.23 bits per heavy atom. The average molecular weight is 302 g/mol. The normalized spacial score (nSPS) is 16.0. The summed E-state index contributed by atoms with van der Waals surface area (Å²) in [5.74, 6) is -0.0569. The van der Waals surface area contributed by atoms with Crippen molar-refractivity contribution in [3.63, 3.8) is 0 Å². The van der Waals surface area contributed by atoms with Crippen molar-refractivity contribution in [1.29, 1.82) is 0 Å². The molecule has 0 unspecified atom stereocenters. The molecule has 3 rings (SSSR count). The Labute approximate surface area is 129 Å². The van der Waals surface area contributed by atoms with Crippen LogP contribution in [0.3, 0.4) is 0 Å². The monoisotopic (exact) mass is 302 g/mol. The number of nitrogens with one attached hydrogen (secondary N) is 2. The summed E-state index contributed by atoms with van der Waals surface area (Å²) in [5.41, 5.74) is 1.25. The Bertz CT molecular complexity index is 619. The molecule has 2 aromatic heterocycles. The Balaban J connectivity index is 1.38. The fourth-order valence-electron chi connectivity index (χ4n) is 2.77. The molecule has 1 saturated heterocycles. The van der Waals surface area contributed by atoms with Gasteiger partial charge in [-0.1, -0.05) is 6.42 Å². The maximum Gasteiger partial charge on any atom is 0.289 e. The third-order valence-electron chi connectivity index (χ3n) is 4.01. The molecule has 0 spiro atoms. The summed E-state index contributed by atoms with van der Waals surface area (Å²) in [7, 11) is 0. The lowest BCUT2D eigenvalue weighted by atomic mass is 10.1. The molecule has 0 saturated carbocycles. The average Bonchev–Trinajstić information content (AvgIpc) is 3.03. The van der Waals surface area contributed by atoms with Crippen LogP contribution in [-0.2, 0) is 0 Å². The molecule has 7 nitrogen and oxygen atoms in total. The number of piperidine rings is 1. The van der Waals surface area contributed by atoms with Crippen molar-refractivity contribution in [1.82, 2.24) is 30.2 Å². The van der Waals surface area contributed by atoms with Crippen LogP contribution in [0.5, 0.6) is 0 Å². The molecule has 0 atom stereocenters. The first-order chi connectivity index (χ1) is 10.8. The number of aromatic amines is 1. The number of rotatable bonds is 6. The molecule has 118 valence electrons. The fourth-order valence-corrected chi connectivity index (χ4v) is 2.77. The Morgan fingerprint density at radius 3 is 2.95 bits per heavy atom. The first kappa shape index (κ1) is 14.9. The van der Waals surface area contributed by atoms with E-state index >= 15 is 0 Å². The molecule has 2 N–H and O–H groups in total. The molecule has 0 bridgehead atoms. The number of aromatic nitrogens is 4. The summed E-state index contributed by atoms with van der Waals surface area (Å²) >= 11 is 0. The molecule has 0 radical (unpaired) electrons. The van der Waals surface area contributed by atoms with E-state index in [1.807, 2.05) is 0 Å². The van der Waals surface area contributed by atoms with Gasteiger partial charge in [0.15, 0.2) is 5.65 Å². The van der Waals surface area contributed by atoms with Gasteiger partial charge in [-0.15, -0.1) is 0 Å². The number of likely N-dealkylation sites (tertiary alicyclic amines) is 1. The minimum atomic E-state index is -0.233. The number of fused-ring (bicyclic) bond motifs is 1. The van der Waals surface area contributed by atoms with Crippen molar-refractivity contribution >= 4 is 17.1 Å². The molecule has 0 aliphatic carbocycles. The SMILES string of the molecule is O=C(NCCCCN1CCCCC1)c1ncc2[nH]cnc2n1. The number of hydrogen-bond acceptors (Lipinski definition) is 5. The maximum atomic E-state index is 12.0. The smallest absolute Gasteiger partial charge is 0.289 e. The zero-order chi connectivity index (χ0) is 15.2. The van der Waals surface area contributed by atoms with Crippen molar-refractivity contribution in [2.75, 3.05) is 26.2 Å². The minimum Gasteiger partial charge on any atom is -0.349 e. The predicted octanol–water partition coefficient (Wildman–Crippen LogP) is 1.35. The third-order valence-corrected chi connectivity index (χ3v) is 4.01. The first-order valence-electron chi connectivity index (χ1n) is 7.99. The van der Waals surface area contributed by atoms with Crippen LogP contribution in [0.15, 0.2) is 12.5 Å². The summed E-state index contributed by atoms with van der Waals surface area (Å²) in [6.45, 7) is 4.24. The van der Waals surface area contributed by atoms with Crippen LogP contribution in [0.25, 0.3) is 11.2 Å². The predicted molar refractivity (Wildman–Crippen MR) is 83.5 cm³/mol. The van der Waals surface area contributed by atoms with Gasteiger partial charge in [0.2, 0.25) is 5.82 Å². The van der Waals surface area contributed by atoms with E-state index < -0.39 is 0 Å². The minimum absolute atomic E-state index is 0.177. The van der Waals surface area contributed by atoms with Gasteiger partial charge in [-0.25, -0.2) is 15.0 Å². The van der Waals surface area contributed by atoms with Crippen molar-refractivity contribution in [3.05, 3.63) is 18.3 Å². The Morgan fingerprint density at radius 2 is 2.09 bits per heavy atom. The van der Waals surface area contributed by atoms with Gasteiger partial charge in [-0.05, 0) is 45.3 Å². The van der Waals surface area contributed by atoms with Crippen LogP contribution in [0.2, 0.25) is 0 Å². The Kier molecular flexibility index (Phi) is 4.95. The maximum absolute atomic E-state index is 12.0. The zero-order valence-electron chi connectivity index (χ0n) is 12.7. The molecule has 1 aliphatic rings. The van der Waals surface area contributed by atoms with Crippen LogP contribution < -0.4 is 5.32 Å². The number of H-pyrrole nitrogens is 1. The topological polar surface area (TPSA) is 86.8 Å². The molecule has 1 aliphatic heterocycles. The van der Waals surface area contributed by atoms with Crippen LogP contribution in [0.4, 0.5) is 0 Å². The number of unbranched alkanes of at least 4 members (excludes halogenated alkanes) is 1. The highest BCUT2D eigenvalue weighted by Crippen LogP contribution is 2.09. The molecule has 1 fully saturated rings. The summed E-state index contributed by atoms with van der Waals surface area (Å²) < 4.78 is 0. The van der Waals surface area contributed by atoms with E-state index in [2.05, 4.69) is 30.2 Å². The molecule has 3 heterocycles. The molecule has 2 aromatic rings. The summed E-state index contributed by atoms with van der Waals surface area (Å²) in [4.78, 5) is 29.6. The lowest BCUT2D eigenvalue weighted by molar-refractivity contribution is 0.0942. The zero-order valence-corrected chi connectivity index (χ0v) is 12.7. The van der Waals surface area contributed by atoms with Gasteiger partial charge in [0.05, 0.1) is 12.5 Å². The van der Waals surface area contributed by atoms with Gasteiger partial charge in [0.25, 0.3) is 5.91 Å². The van der Waals surface area contributed by atoms with E-state index in [0.29, 0.717) is 12.2 Å². The highest BCUT2D eigenvalue weighted by atomic mass is 16.2. The second-order valence-electron chi connectivity index (χ2n) is 5.70. The van der Waals surface area contributed by atoms with Crippen LogP contribution in [0.1, 0.15) is 42.7 Å². The van der Waals surface area contributed by atoms with E-state index in [-0.39, 0.29) is 11.7 Å². The van der Waals surface area contributed by atoms with E-state index in [1.165, 1.54) is 32.4 Å². The number of carbonyl (C=O) groups excluding carboxylic acids is 1.